The Kier molecular flexibility index (Phi) is 5.48. The molecule has 0 bridgehead atoms. The van der Waals surface area contributed by atoms with Gasteiger partial charge in [0.1, 0.15) is 11.3 Å². The van der Waals surface area contributed by atoms with Crippen molar-refractivity contribution >= 4 is 11.5 Å². The molecular formula is C16H18F3N3O2. The number of hydrogen-bond donors (Lipinski definition) is 0. The van der Waals surface area contributed by atoms with Gasteiger partial charge in [-0.2, -0.15) is 18.2 Å². The van der Waals surface area contributed by atoms with E-state index in [0.717, 1.165) is 6.20 Å². The van der Waals surface area contributed by atoms with E-state index in [1.807, 2.05) is 6.92 Å². The molecule has 1 heterocycles. The molecule has 0 atom stereocenters. The molecule has 0 aliphatic heterocycles. The molecule has 0 N–H and O–H groups in total. The van der Waals surface area contributed by atoms with E-state index in [9.17, 15) is 13.2 Å². The van der Waals surface area contributed by atoms with E-state index >= 15 is 0 Å². The Morgan fingerprint density at radius 2 is 1.92 bits per heavy atom. The van der Waals surface area contributed by atoms with Crippen LogP contribution in [-0.2, 0) is 6.18 Å². The number of nitrogens with zero attached hydrogens (tertiary/aromatic N) is 3. The fraction of sp³-hybridized carbons (Fsp3) is 0.375. The number of hydrogen-bond acceptors (Lipinski definition) is 5. The molecular weight excluding hydrogens is 323 g/mol. The van der Waals surface area contributed by atoms with Crippen molar-refractivity contribution in [2.45, 2.75) is 19.5 Å². The van der Waals surface area contributed by atoms with Crippen molar-refractivity contribution in [2.24, 2.45) is 0 Å². The zero-order valence-electron chi connectivity index (χ0n) is 13.6. The van der Waals surface area contributed by atoms with Crippen LogP contribution in [0.3, 0.4) is 0 Å². The molecule has 0 aliphatic carbocycles. The second kappa shape index (κ2) is 7.37. The number of methoxy groups -OCH3 is 1. The molecule has 0 amide bonds. The third-order valence-corrected chi connectivity index (χ3v) is 3.25. The van der Waals surface area contributed by atoms with Gasteiger partial charge in [-0.25, -0.2) is 4.98 Å². The molecule has 0 unspecified atom stereocenters. The van der Waals surface area contributed by atoms with Gasteiger partial charge in [0.2, 0.25) is 0 Å². The minimum Gasteiger partial charge on any atom is -0.495 e. The Labute approximate surface area is 138 Å². The van der Waals surface area contributed by atoms with Crippen LogP contribution in [0.2, 0.25) is 0 Å². The van der Waals surface area contributed by atoms with Crippen molar-refractivity contribution in [1.82, 2.24) is 9.97 Å². The van der Waals surface area contributed by atoms with Crippen molar-refractivity contribution in [3.8, 4) is 11.8 Å². The third-order valence-electron chi connectivity index (χ3n) is 3.25. The monoisotopic (exact) mass is 341 g/mol. The molecule has 2 rings (SSSR count). The van der Waals surface area contributed by atoms with Gasteiger partial charge < -0.3 is 14.4 Å². The quantitative estimate of drug-likeness (QED) is 0.793. The van der Waals surface area contributed by atoms with E-state index in [-0.39, 0.29) is 11.8 Å². The van der Waals surface area contributed by atoms with E-state index < -0.39 is 11.7 Å². The Bertz CT molecular complexity index is 693. The summed E-state index contributed by atoms with van der Waals surface area (Å²) in [5.41, 5.74) is -0.495. The first-order valence-corrected chi connectivity index (χ1v) is 7.32. The molecule has 1 aromatic carbocycles. The molecule has 0 aliphatic rings. The highest BCUT2D eigenvalue weighted by molar-refractivity contribution is 5.68. The summed E-state index contributed by atoms with van der Waals surface area (Å²) in [5, 5.41) is 0. The summed E-state index contributed by atoms with van der Waals surface area (Å²) in [4.78, 5) is 8.90. The number of ether oxygens (including phenoxy) is 2. The number of para-hydroxylation sites is 2. The van der Waals surface area contributed by atoms with Crippen LogP contribution in [0.4, 0.5) is 24.7 Å². The molecule has 8 heteroatoms. The third kappa shape index (κ3) is 3.87. The van der Waals surface area contributed by atoms with Crippen molar-refractivity contribution < 1.29 is 22.6 Å². The van der Waals surface area contributed by atoms with Gasteiger partial charge in [0, 0.05) is 13.2 Å². The summed E-state index contributed by atoms with van der Waals surface area (Å²) in [7, 11) is 2.94. The zero-order valence-corrected chi connectivity index (χ0v) is 13.6. The summed E-state index contributed by atoms with van der Waals surface area (Å²) in [5.74, 6) is 0.135. The Hall–Kier alpha value is -2.51. The van der Waals surface area contributed by atoms with Gasteiger partial charge in [-0.3, -0.25) is 0 Å². The second-order valence-corrected chi connectivity index (χ2v) is 4.97. The molecule has 0 radical (unpaired) electrons. The minimum absolute atomic E-state index is 0.0957. The summed E-state index contributed by atoms with van der Waals surface area (Å²) >= 11 is 0. The summed E-state index contributed by atoms with van der Waals surface area (Å²) in [6.45, 7) is 2.20. The zero-order chi connectivity index (χ0) is 17.7. The van der Waals surface area contributed by atoms with Gasteiger partial charge in [-0.1, -0.05) is 19.1 Å². The molecule has 1 aromatic heterocycles. The molecule has 0 saturated heterocycles. The lowest BCUT2D eigenvalue weighted by Gasteiger charge is -2.24. The predicted molar refractivity (Wildman–Crippen MR) is 83.9 cm³/mol. The van der Waals surface area contributed by atoms with E-state index in [4.69, 9.17) is 9.47 Å². The molecule has 24 heavy (non-hydrogen) atoms. The first-order chi connectivity index (χ1) is 11.4. The first-order valence-electron chi connectivity index (χ1n) is 7.32. The van der Waals surface area contributed by atoms with Crippen LogP contribution in [0.25, 0.3) is 0 Å². The SMILES string of the molecule is CCCOc1ncc(C(F)(F)F)c(N(C)c2ccccc2OC)n1. The van der Waals surface area contributed by atoms with Crippen molar-refractivity contribution in [3.05, 3.63) is 36.0 Å². The van der Waals surface area contributed by atoms with Crippen LogP contribution < -0.4 is 14.4 Å². The van der Waals surface area contributed by atoms with Gasteiger partial charge in [-0.05, 0) is 18.6 Å². The average molecular weight is 341 g/mol. The van der Waals surface area contributed by atoms with E-state index in [1.54, 1.807) is 24.3 Å². The first kappa shape index (κ1) is 17.8. The Morgan fingerprint density at radius 1 is 1.21 bits per heavy atom. The van der Waals surface area contributed by atoms with Crippen LogP contribution in [0.15, 0.2) is 30.5 Å². The van der Waals surface area contributed by atoms with Gasteiger partial charge in [0.15, 0.2) is 5.82 Å². The van der Waals surface area contributed by atoms with E-state index in [0.29, 0.717) is 24.5 Å². The Balaban J connectivity index is 2.52. The highest BCUT2D eigenvalue weighted by Crippen LogP contribution is 2.39. The lowest BCUT2D eigenvalue weighted by atomic mass is 10.2. The van der Waals surface area contributed by atoms with Crippen LogP contribution in [0.1, 0.15) is 18.9 Å². The molecule has 5 nitrogen and oxygen atoms in total. The van der Waals surface area contributed by atoms with Crippen LogP contribution in [0, 0.1) is 0 Å². The average Bonchev–Trinajstić information content (AvgIpc) is 2.58. The Morgan fingerprint density at radius 3 is 2.54 bits per heavy atom. The smallest absolute Gasteiger partial charge is 0.421 e. The van der Waals surface area contributed by atoms with Crippen molar-refractivity contribution in [2.75, 3.05) is 25.7 Å². The lowest BCUT2D eigenvalue weighted by molar-refractivity contribution is -0.137. The number of rotatable bonds is 6. The van der Waals surface area contributed by atoms with Gasteiger partial charge in [0.05, 0.1) is 19.4 Å². The van der Waals surface area contributed by atoms with Gasteiger partial charge >= 0.3 is 12.2 Å². The summed E-state index contributed by atoms with van der Waals surface area (Å²) < 4.78 is 50.4. The lowest BCUT2D eigenvalue weighted by Crippen LogP contribution is -2.20. The van der Waals surface area contributed by atoms with E-state index in [2.05, 4.69) is 9.97 Å². The van der Waals surface area contributed by atoms with Crippen LogP contribution >= 0.6 is 0 Å². The molecule has 0 saturated carbocycles. The van der Waals surface area contributed by atoms with Crippen molar-refractivity contribution in [1.29, 1.82) is 0 Å². The highest BCUT2D eigenvalue weighted by atomic mass is 19.4. The summed E-state index contributed by atoms with van der Waals surface area (Å²) in [6, 6.07) is 6.65. The fourth-order valence-corrected chi connectivity index (χ4v) is 2.10. The minimum atomic E-state index is -4.59. The normalized spacial score (nSPS) is 11.2. The largest absolute Gasteiger partial charge is 0.495 e. The molecule has 2 aromatic rings. The second-order valence-electron chi connectivity index (χ2n) is 4.97. The number of alkyl halides is 3. The maximum atomic E-state index is 13.3. The van der Waals surface area contributed by atoms with Gasteiger partial charge in [0.25, 0.3) is 0 Å². The maximum Gasteiger partial charge on any atom is 0.421 e. The maximum absolute atomic E-state index is 13.3. The van der Waals surface area contributed by atoms with Crippen LogP contribution in [-0.4, -0.2) is 30.7 Å². The summed E-state index contributed by atoms with van der Waals surface area (Å²) in [6.07, 6.45) is -3.16. The molecule has 0 fully saturated rings. The number of halogens is 3. The highest BCUT2D eigenvalue weighted by Gasteiger charge is 2.37. The van der Waals surface area contributed by atoms with E-state index in [1.165, 1.54) is 19.1 Å². The predicted octanol–water partition coefficient (Wildman–Crippen LogP) is 4.06. The molecule has 0 spiro atoms. The number of benzene rings is 1. The molecule has 130 valence electrons. The standard InChI is InChI=1S/C16H18F3N3O2/c1-4-9-24-15-20-10-11(16(17,18)19)14(21-15)22(2)12-7-5-6-8-13(12)23-3/h5-8,10H,4,9H2,1-3H3. The fourth-order valence-electron chi connectivity index (χ4n) is 2.10. The van der Waals surface area contributed by atoms with Crippen molar-refractivity contribution in [3.63, 3.8) is 0 Å². The van der Waals surface area contributed by atoms with Gasteiger partial charge in [-0.15, -0.1) is 0 Å². The number of aromatic nitrogens is 2. The topological polar surface area (TPSA) is 47.5 Å². The van der Waals surface area contributed by atoms with Crippen LogP contribution in [0.5, 0.6) is 11.8 Å². The number of anilines is 2.